The summed E-state index contributed by atoms with van der Waals surface area (Å²) in [4.78, 5) is 15.2. The molecule has 2 aromatic carbocycles. The summed E-state index contributed by atoms with van der Waals surface area (Å²) in [5, 5.41) is 16.9. The normalized spacial score (nSPS) is 10.8. The zero-order valence-electron chi connectivity index (χ0n) is 16.6. The fraction of sp³-hybridized carbons (Fsp3) is 0.174. The zero-order valence-corrected chi connectivity index (χ0v) is 16.6. The van der Waals surface area contributed by atoms with Crippen LogP contribution in [-0.4, -0.2) is 32.8 Å². The van der Waals surface area contributed by atoms with Crippen molar-refractivity contribution in [1.82, 2.24) is 14.6 Å². The molecule has 7 heteroatoms. The third-order valence-electron chi connectivity index (χ3n) is 4.87. The van der Waals surface area contributed by atoms with Gasteiger partial charge in [-0.3, -0.25) is 4.79 Å². The summed E-state index contributed by atoms with van der Waals surface area (Å²) in [5.74, 6) is 0.783. The molecular weight excluding hydrogens is 380 g/mol. The van der Waals surface area contributed by atoms with Gasteiger partial charge in [-0.1, -0.05) is 36.4 Å². The van der Waals surface area contributed by atoms with E-state index in [4.69, 9.17) is 9.84 Å². The lowest BCUT2D eigenvalue weighted by atomic mass is 10.1. The van der Waals surface area contributed by atoms with Gasteiger partial charge in [0.05, 0.1) is 19.0 Å². The fourth-order valence-electron chi connectivity index (χ4n) is 3.19. The Hall–Kier alpha value is -3.87. The maximum atomic E-state index is 10.7. The molecule has 0 radical (unpaired) electrons. The average Bonchev–Trinajstić information content (AvgIpc) is 3.20. The molecule has 4 aromatic rings. The number of aliphatic carboxylic acids is 1. The number of carbonyl (C=O) groups is 1. The molecule has 7 nitrogen and oxygen atoms in total. The van der Waals surface area contributed by atoms with Gasteiger partial charge in [0.2, 0.25) is 0 Å². The highest BCUT2D eigenvalue weighted by molar-refractivity contribution is 5.67. The number of anilines is 1. The second-order valence-corrected chi connectivity index (χ2v) is 6.92. The summed E-state index contributed by atoms with van der Waals surface area (Å²) >= 11 is 0. The number of imidazole rings is 1. The van der Waals surface area contributed by atoms with E-state index in [1.807, 2.05) is 65.2 Å². The van der Waals surface area contributed by atoms with Crippen LogP contribution in [0, 0.1) is 0 Å². The predicted molar refractivity (Wildman–Crippen MR) is 115 cm³/mol. The van der Waals surface area contributed by atoms with Crippen molar-refractivity contribution < 1.29 is 14.6 Å². The first-order chi connectivity index (χ1) is 14.6. The number of fused-ring (bicyclic) bond motifs is 1. The predicted octanol–water partition coefficient (Wildman–Crippen LogP) is 4.03. The minimum absolute atomic E-state index is 0.125. The van der Waals surface area contributed by atoms with E-state index in [1.165, 1.54) is 0 Å². The third kappa shape index (κ3) is 4.41. The molecule has 0 aliphatic heterocycles. The van der Waals surface area contributed by atoms with Crippen LogP contribution in [0.15, 0.2) is 66.9 Å². The van der Waals surface area contributed by atoms with Gasteiger partial charge in [-0.2, -0.15) is 0 Å². The molecule has 0 amide bonds. The lowest BCUT2D eigenvalue weighted by Crippen LogP contribution is -2.04. The molecule has 0 bridgehead atoms. The van der Waals surface area contributed by atoms with Gasteiger partial charge < -0.3 is 15.2 Å². The number of nitrogens with one attached hydrogen (secondary N) is 1. The Morgan fingerprint density at radius 3 is 2.47 bits per heavy atom. The molecule has 0 aliphatic rings. The SMILES string of the molecule is COc1ccc(CNc2ccc3ncc(-c4ccc(CCC(=O)O)cc4)n3n2)cc1. The number of aryl methyl sites for hydroxylation is 1. The lowest BCUT2D eigenvalue weighted by molar-refractivity contribution is -0.136. The third-order valence-corrected chi connectivity index (χ3v) is 4.87. The average molecular weight is 402 g/mol. The van der Waals surface area contributed by atoms with Gasteiger partial charge in [-0.25, -0.2) is 9.50 Å². The first kappa shape index (κ1) is 19.4. The number of methoxy groups -OCH3 is 1. The summed E-state index contributed by atoms with van der Waals surface area (Å²) in [6.45, 7) is 0.644. The standard InChI is InChI=1S/C23H22N4O3/c1-30-19-9-4-17(5-10-19)14-24-21-11-12-22-25-15-20(27(22)26-21)18-7-2-16(3-8-18)6-13-23(28)29/h2-5,7-12,15H,6,13-14H2,1H3,(H,24,26)(H,28,29). The monoisotopic (exact) mass is 402 g/mol. The Morgan fingerprint density at radius 2 is 1.77 bits per heavy atom. The maximum absolute atomic E-state index is 10.7. The van der Waals surface area contributed by atoms with E-state index in [0.717, 1.165) is 39.6 Å². The molecule has 2 N–H and O–H groups in total. The van der Waals surface area contributed by atoms with Crippen LogP contribution in [0.4, 0.5) is 5.82 Å². The fourth-order valence-corrected chi connectivity index (χ4v) is 3.19. The van der Waals surface area contributed by atoms with E-state index in [-0.39, 0.29) is 6.42 Å². The van der Waals surface area contributed by atoms with Gasteiger partial charge in [-0.05, 0) is 41.8 Å². The number of carboxylic acids is 1. The van der Waals surface area contributed by atoms with E-state index in [9.17, 15) is 4.79 Å². The van der Waals surface area contributed by atoms with Crippen molar-refractivity contribution in [2.24, 2.45) is 0 Å². The van der Waals surface area contributed by atoms with Gasteiger partial charge in [-0.15, -0.1) is 5.10 Å². The molecule has 152 valence electrons. The van der Waals surface area contributed by atoms with Crippen molar-refractivity contribution in [1.29, 1.82) is 0 Å². The molecule has 2 heterocycles. The van der Waals surface area contributed by atoms with E-state index in [2.05, 4.69) is 15.4 Å². The lowest BCUT2D eigenvalue weighted by Gasteiger charge is -2.08. The Morgan fingerprint density at radius 1 is 1.03 bits per heavy atom. The quantitative estimate of drug-likeness (QED) is 0.463. The van der Waals surface area contributed by atoms with Crippen LogP contribution in [-0.2, 0) is 17.8 Å². The van der Waals surface area contributed by atoms with Crippen LogP contribution in [0.1, 0.15) is 17.5 Å². The van der Waals surface area contributed by atoms with Crippen molar-refractivity contribution >= 4 is 17.4 Å². The first-order valence-electron chi connectivity index (χ1n) is 9.65. The van der Waals surface area contributed by atoms with Crippen molar-refractivity contribution in [2.45, 2.75) is 19.4 Å². The Kier molecular flexibility index (Phi) is 5.61. The number of rotatable bonds is 8. The highest BCUT2D eigenvalue weighted by Gasteiger charge is 2.09. The number of carboxylic acid groups (broad SMARTS) is 1. The number of nitrogens with zero attached hydrogens (tertiary/aromatic N) is 3. The number of hydrogen-bond acceptors (Lipinski definition) is 5. The molecule has 0 aliphatic carbocycles. The zero-order chi connectivity index (χ0) is 20.9. The van der Waals surface area contributed by atoms with Gasteiger partial charge in [0.1, 0.15) is 11.6 Å². The van der Waals surface area contributed by atoms with Crippen molar-refractivity contribution in [3.8, 4) is 17.0 Å². The first-order valence-corrected chi connectivity index (χ1v) is 9.65. The maximum Gasteiger partial charge on any atom is 0.303 e. The van der Waals surface area contributed by atoms with Crippen LogP contribution in [0.5, 0.6) is 5.75 Å². The summed E-state index contributed by atoms with van der Waals surface area (Å²) in [7, 11) is 1.65. The molecule has 0 spiro atoms. The summed E-state index contributed by atoms with van der Waals surface area (Å²) in [6, 6.07) is 19.6. The van der Waals surface area contributed by atoms with E-state index in [1.54, 1.807) is 13.3 Å². The van der Waals surface area contributed by atoms with Crippen molar-refractivity contribution in [2.75, 3.05) is 12.4 Å². The van der Waals surface area contributed by atoms with E-state index in [0.29, 0.717) is 13.0 Å². The molecule has 0 atom stereocenters. The highest BCUT2D eigenvalue weighted by Crippen LogP contribution is 2.22. The number of hydrogen-bond donors (Lipinski definition) is 2. The topological polar surface area (TPSA) is 88.8 Å². The molecule has 0 unspecified atom stereocenters. The van der Waals surface area contributed by atoms with Crippen molar-refractivity contribution in [3.63, 3.8) is 0 Å². The Balaban J connectivity index is 1.51. The molecule has 0 saturated carbocycles. The Labute approximate surface area is 174 Å². The van der Waals surface area contributed by atoms with Gasteiger partial charge in [0.15, 0.2) is 5.65 Å². The summed E-state index contributed by atoms with van der Waals surface area (Å²) < 4.78 is 7.00. The van der Waals surface area contributed by atoms with Crippen LogP contribution in [0.2, 0.25) is 0 Å². The molecule has 0 fully saturated rings. The largest absolute Gasteiger partial charge is 0.497 e. The second kappa shape index (κ2) is 8.65. The number of aromatic nitrogens is 3. The minimum atomic E-state index is -0.792. The highest BCUT2D eigenvalue weighted by atomic mass is 16.5. The molecule has 0 saturated heterocycles. The smallest absolute Gasteiger partial charge is 0.303 e. The van der Waals surface area contributed by atoms with E-state index >= 15 is 0 Å². The number of ether oxygens (including phenoxy) is 1. The Bertz CT molecular complexity index is 1150. The van der Waals surface area contributed by atoms with Gasteiger partial charge in [0, 0.05) is 18.5 Å². The minimum Gasteiger partial charge on any atom is -0.497 e. The van der Waals surface area contributed by atoms with Crippen LogP contribution in [0.25, 0.3) is 16.9 Å². The van der Waals surface area contributed by atoms with Gasteiger partial charge in [0.25, 0.3) is 0 Å². The van der Waals surface area contributed by atoms with Crippen molar-refractivity contribution in [3.05, 3.63) is 78.0 Å². The van der Waals surface area contributed by atoms with Gasteiger partial charge >= 0.3 is 5.97 Å². The van der Waals surface area contributed by atoms with E-state index < -0.39 is 5.97 Å². The summed E-state index contributed by atoms with van der Waals surface area (Å²) in [5.41, 5.74) is 4.73. The molecule has 30 heavy (non-hydrogen) atoms. The number of benzene rings is 2. The molecule has 2 aromatic heterocycles. The second-order valence-electron chi connectivity index (χ2n) is 6.92. The van der Waals surface area contributed by atoms with Crippen LogP contribution < -0.4 is 10.1 Å². The van der Waals surface area contributed by atoms with Crippen LogP contribution in [0.3, 0.4) is 0 Å². The summed E-state index contributed by atoms with van der Waals surface area (Å²) in [6.07, 6.45) is 2.43. The molecule has 4 rings (SSSR count). The van der Waals surface area contributed by atoms with Crippen LogP contribution >= 0.6 is 0 Å². The molecular formula is C23H22N4O3.